The van der Waals surface area contributed by atoms with Crippen LogP contribution in [0.4, 0.5) is 0 Å². The van der Waals surface area contributed by atoms with Crippen molar-refractivity contribution in [2.45, 2.75) is 32.6 Å². The summed E-state index contributed by atoms with van der Waals surface area (Å²) in [6.07, 6.45) is 2.07. The first-order chi connectivity index (χ1) is 9.10. The largest absolute Gasteiger partial charge is 0.465 e. The maximum atomic E-state index is 11.8. The number of esters is 1. The summed E-state index contributed by atoms with van der Waals surface area (Å²) in [6.45, 7) is 4.32. The minimum absolute atomic E-state index is 0.293. The SMILES string of the molecule is CCC(CC)c1cc(C(=O)OC)cc2sc(Br)nc12. The highest BCUT2D eigenvalue weighted by Crippen LogP contribution is 2.35. The smallest absolute Gasteiger partial charge is 0.337 e. The lowest BCUT2D eigenvalue weighted by atomic mass is 9.92. The Balaban J connectivity index is 2.67. The molecule has 102 valence electrons. The van der Waals surface area contributed by atoms with Crippen molar-refractivity contribution in [3.05, 3.63) is 27.2 Å². The number of rotatable bonds is 4. The van der Waals surface area contributed by atoms with Gasteiger partial charge in [-0.05, 0) is 52.4 Å². The van der Waals surface area contributed by atoms with Crippen molar-refractivity contribution in [1.29, 1.82) is 0 Å². The van der Waals surface area contributed by atoms with Crippen LogP contribution in [0, 0.1) is 0 Å². The van der Waals surface area contributed by atoms with Gasteiger partial charge in [0.15, 0.2) is 3.92 Å². The Bertz CT molecular complexity index is 605. The summed E-state index contributed by atoms with van der Waals surface area (Å²) in [5.41, 5.74) is 2.75. The molecule has 3 nitrogen and oxygen atoms in total. The van der Waals surface area contributed by atoms with Crippen LogP contribution in [0.1, 0.15) is 48.5 Å². The van der Waals surface area contributed by atoms with Crippen molar-refractivity contribution in [3.63, 3.8) is 0 Å². The fourth-order valence-corrected chi connectivity index (χ4v) is 3.77. The van der Waals surface area contributed by atoms with E-state index in [1.54, 1.807) is 11.3 Å². The third-order valence-electron chi connectivity index (χ3n) is 3.34. The van der Waals surface area contributed by atoms with Crippen LogP contribution in [0.2, 0.25) is 0 Å². The van der Waals surface area contributed by atoms with Gasteiger partial charge in [0.05, 0.1) is 22.9 Å². The fourth-order valence-electron chi connectivity index (χ4n) is 2.30. The lowest BCUT2D eigenvalue weighted by Gasteiger charge is -2.14. The topological polar surface area (TPSA) is 39.2 Å². The second-order valence-electron chi connectivity index (χ2n) is 4.38. The van der Waals surface area contributed by atoms with Gasteiger partial charge in [-0.25, -0.2) is 9.78 Å². The molecule has 0 N–H and O–H groups in total. The quantitative estimate of drug-likeness (QED) is 0.753. The summed E-state index contributed by atoms with van der Waals surface area (Å²) in [5, 5.41) is 0. The van der Waals surface area contributed by atoms with Gasteiger partial charge in [-0.15, -0.1) is 11.3 Å². The van der Waals surface area contributed by atoms with Gasteiger partial charge in [0, 0.05) is 0 Å². The molecule has 0 saturated carbocycles. The first-order valence-electron chi connectivity index (χ1n) is 6.29. The van der Waals surface area contributed by atoms with E-state index in [-0.39, 0.29) is 5.97 Å². The second-order valence-corrected chi connectivity index (χ2v) is 6.69. The van der Waals surface area contributed by atoms with Crippen LogP contribution in [0.3, 0.4) is 0 Å². The van der Waals surface area contributed by atoms with Gasteiger partial charge in [0.1, 0.15) is 0 Å². The summed E-state index contributed by atoms with van der Waals surface area (Å²) >= 11 is 4.97. The van der Waals surface area contributed by atoms with Crippen molar-refractivity contribution < 1.29 is 9.53 Å². The number of hydrogen-bond donors (Lipinski definition) is 0. The van der Waals surface area contributed by atoms with Crippen molar-refractivity contribution in [1.82, 2.24) is 4.98 Å². The maximum absolute atomic E-state index is 11.8. The fraction of sp³-hybridized carbons (Fsp3) is 0.429. The molecule has 0 atom stereocenters. The third-order valence-corrected chi connectivity index (χ3v) is 4.80. The van der Waals surface area contributed by atoms with Crippen LogP contribution in [0.25, 0.3) is 10.2 Å². The summed E-state index contributed by atoms with van der Waals surface area (Å²) < 4.78 is 6.70. The lowest BCUT2D eigenvalue weighted by Crippen LogP contribution is -2.04. The molecular formula is C14H16BrNO2S. The van der Waals surface area contributed by atoms with Gasteiger partial charge in [-0.3, -0.25) is 0 Å². The van der Waals surface area contributed by atoms with E-state index in [0.29, 0.717) is 11.5 Å². The Kier molecular flexibility index (Phi) is 4.58. The molecule has 1 aromatic heterocycles. The summed E-state index contributed by atoms with van der Waals surface area (Å²) in [4.78, 5) is 16.3. The summed E-state index contributed by atoms with van der Waals surface area (Å²) in [6, 6.07) is 3.79. The molecule has 19 heavy (non-hydrogen) atoms. The van der Waals surface area contributed by atoms with Gasteiger partial charge in [-0.2, -0.15) is 0 Å². The Morgan fingerprint density at radius 3 is 2.68 bits per heavy atom. The summed E-state index contributed by atoms with van der Waals surface area (Å²) in [5.74, 6) is 0.125. The van der Waals surface area contributed by atoms with E-state index in [2.05, 4.69) is 34.8 Å². The highest BCUT2D eigenvalue weighted by molar-refractivity contribution is 9.11. The second kappa shape index (κ2) is 6.01. The first kappa shape index (κ1) is 14.5. The normalized spacial score (nSPS) is 11.2. The van der Waals surface area contributed by atoms with E-state index >= 15 is 0 Å². The molecule has 5 heteroatoms. The molecule has 0 amide bonds. The van der Waals surface area contributed by atoms with Crippen molar-refractivity contribution in [2.75, 3.05) is 7.11 Å². The Morgan fingerprint density at radius 2 is 2.11 bits per heavy atom. The molecule has 0 saturated heterocycles. The van der Waals surface area contributed by atoms with E-state index in [1.807, 2.05) is 12.1 Å². The number of fused-ring (bicyclic) bond motifs is 1. The molecule has 0 radical (unpaired) electrons. The predicted octanol–water partition coefficient (Wildman–Crippen LogP) is 4.75. The van der Waals surface area contributed by atoms with Gasteiger partial charge < -0.3 is 4.74 Å². The number of carbonyl (C=O) groups excluding carboxylic acids is 1. The molecule has 0 bridgehead atoms. The van der Waals surface area contributed by atoms with E-state index in [4.69, 9.17) is 4.74 Å². The van der Waals surface area contributed by atoms with Crippen molar-refractivity contribution >= 4 is 43.5 Å². The predicted molar refractivity (Wildman–Crippen MR) is 82.0 cm³/mol. The summed E-state index contributed by atoms with van der Waals surface area (Å²) in [7, 11) is 1.41. The molecule has 1 heterocycles. The number of carbonyl (C=O) groups is 1. The van der Waals surface area contributed by atoms with Crippen LogP contribution < -0.4 is 0 Å². The number of hydrogen-bond acceptors (Lipinski definition) is 4. The van der Waals surface area contributed by atoms with E-state index in [1.165, 1.54) is 7.11 Å². The minimum atomic E-state index is -0.293. The van der Waals surface area contributed by atoms with E-state index in [9.17, 15) is 4.79 Å². The van der Waals surface area contributed by atoms with Gasteiger partial charge >= 0.3 is 5.97 Å². The van der Waals surface area contributed by atoms with Crippen molar-refractivity contribution in [3.8, 4) is 0 Å². The van der Waals surface area contributed by atoms with Crippen LogP contribution in [0.5, 0.6) is 0 Å². The average molecular weight is 342 g/mol. The molecule has 1 aromatic carbocycles. The molecule has 2 aromatic rings. The van der Waals surface area contributed by atoms with Gasteiger partial charge in [0.25, 0.3) is 0 Å². The zero-order valence-electron chi connectivity index (χ0n) is 11.2. The molecule has 2 rings (SSSR count). The zero-order valence-corrected chi connectivity index (χ0v) is 13.6. The first-order valence-corrected chi connectivity index (χ1v) is 7.89. The van der Waals surface area contributed by atoms with E-state index < -0.39 is 0 Å². The lowest BCUT2D eigenvalue weighted by molar-refractivity contribution is 0.0601. The molecule has 0 fully saturated rings. The number of aromatic nitrogens is 1. The van der Waals surface area contributed by atoms with Crippen LogP contribution >= 0.6 is 27.3 Å². The van der Waals surface area contributed by atoms with Gasteiger partial charge in [0.2, 0.25) is 0 Å². The highest BCUT2D eigenvalue weighted by Gasteiger charge is 2.18. The number of halogens is 1. The molecular weight excluding hydrogens is 326 g/mol. The number of ether oxygens (including phenoxy) is 1. The standard InChI is InChI=1S/C14H16BrNO2S/c1-4-8(5-2)10-6-9(13(17)18-3)7-11-12(10)16-14(15)19-11/h6-8H,4-5H2,1-3H3. The molecule has 0 aliphatic heterocycles. The van der Waals surface area contributed by atoms with Crippen LogP contribution in [-0.4, -0.2) is 18.1 Å². The molecule has 0 spiro atoms. The number of methoxy groups -OCH3 is 1. The maximum Gasteiger partial charge on any atom is 0.337 e. The zero-order chi connectivity index (χ0) is 14.0. The van der Waals surface area contributed by atoms with E-state index in [0.717, 1.165) is 32.5 Å². The van der Waals surface area contributed by atoms with Crippen LogP contribution in [-0.2, 0) is 4.74 Å². The Hall–Kier alpha value is -0.940. The number of nitrogens with zero attached hydrogens (tertiary/aromatic N) is 1. The number of thiazole rings is 1. The average Bonchev–Trinajstić information content (AvgIpc) is 2.79. The Labute approximate surface area is 125 Å². The third kappa shape index (κ3) is 2.82. The monoisotopic (exact) mass is 341 g/mol. The van der Waals surface area contributed by atoms with Gasteiger partial charge in [-0.1, -0.05) is 13.8 Å². The Morgan fingerprint density at radius 1 is 1.42 bits per heavy atom. The highest BCUT2D eigenvalue weighted by atomic mass is 79.9. The molecule has 0 aliphatic carbocycles. The minimum Gasteiger partial charge on any atom is -0.465 e. The molecule has 0 unspecified atom stereocenters. The molecule has 0 aliphatic rings. The number of benzene rings is 1. The van der Waals surface area contributed by atoms with Crippen molar-refractivity contribution in [2.24, 2.45) is 0 Å². The van der Waals surface area contributed by atoms with Crippen LogP contribution in [0.15, 0.2) is 16.0 Å².